The van der Waals surface area contributed by atoms with Crippen molar-refractivity contribution in [2.24, 2.45) is 4.99 Å². The highest BCUT2D eigenvalue weighted by molar-refractivity contribution is 7.18. The third-order valence-corrected chi connectivity index (χ3v) is 3.81. The lowest BCUT2D eigenvalue weighted by Gasteiger charge is -2.02. The van der Waals surface area contributed by atoms with E-state index in [0.29, 0.717) is 0 Å². The van der Waals surface area contributed by atoms with Crippen LogP contribution in [0.15, 0.2) is 23.2 Å². The number of rotatable bonds is 2. The van der Waals surface area contributed by atoms with Crippen LogP contribution in [0.5, 0.6) is 0 Å². The Morgan fingerprint density at radius 3 is 2.80 bits per heavy atom. The molecule has 0 saturated heterocycles. The van der Waals surface area contributed by atoms with E-state index in [2.05, 4.69) is 57.9 Å². The topological polar surface area (TPSA) is 62.2 Å². The second-order valence-electron chi connectivity index (χ2n) is 4.51. The molecule has 0 saturated carbocycles. The average molecular weight is 310 g/mol. The van der Waals surface area contributed by atoms with Gasteiger partial charge in [0.05, 0.1) is 6.54 Å². The molecule has 0 fully saturated rings. The minimum atomic E-state index is 0. The number of hydrogen-bond donors (Lipinski definition) is 2. The Labute approximate surface area is 128 Å². The fourth-order valence-corrected chi connectivity index (χ4v) is 2.85. The van der Waals surface area contributed by atoms with Crippen LogP contribution in [0.4, 0.5) is 5.13 Å². The Kier molecular flexibility index (Phi) is 4.57. The van der Waals surface area contributed by atoms with E-state index in [4.69, 9.17) is 0 Å². The summed E-state index contributed by atoms with van der Waals surface area (Å²) in [6, 6.07) is 6.35. The molecule has 0 unspecified atom stereocenters. The van der Waals surface area contributed by atoms with Gasteiger partial charge in [0.25, 0.3) is 0 Å². The first-order chi connectivity index (χ1) is 9.22. The number of aliphatic imine (C=N–C) groups is 1. The Hall–Kier alpha value is -1.66. The minimum Gasteiger partial charge on any atom is -0.354 e. The molecule has 106 valence electrons. The monoisotopic (exact) mass is 309 g/mol. The quantitative estimate of drug-likeness (QED) is 0.895. The van der Waals surface area contributed by atoms with Crippen LogP contribution in [-0.2, 0) is 0 Å². The summed E-state index contributed by atoms with van der Waals surface area (Å²) in [5.74, 6) is 0.781. The highest BCUT2D eigenvalue weighted by Crippen LogP contribution is 2.29. The van der Waals surface area contributed by atoms with Gasteiger partial charge in [0.15, 0.2) is 5.96 Å². The van der Waals surface area contributed by atoms with Gasteiger partial charge in [-0.25, -0.2) is 0 Å². The molecule has 1 aliphatic rings. The molecule has 0 amide bonds. The zero-order valence-electron chi connectivity index (χ0n) is 11.3. The SMILES string of the molecule is Cc1ccc(-c2nnc(NC3=NCCN3)s2)c(C)c1.Cl. The van der Waals surface area contributed by atoms with E-state index in [1.54, 1.807) is 0 Å². The summed E-state index contributed by atoms with van der Waals surface area (Å²) in [6.45, 7) is 5.88. The van der Waals surface area contributed by atoms with Crippen LogP contribution in [0.3, 0.4) is 0 Å². The van der Waals surface area contributed by atoms with Gasteiger partial charge in [0, 0.05) is 12.1 Å². The van der Waals surface area contributed by atoms with Gasteiger partial charge in [-0.3, -0.25) is 4.99 Å². The van der Waals surface area contributed by atoms with Crippen LogP contribution in [0.25, 0.3) is 10.6 Å². The summed E-state index contributed by atoms with van der Waals surface area (Å²) in [4.78, 5) is 4.28. The number of anilines is 1. The van der Waals surface area contributed by atoms with Crippen molar-refractivity contribution in [1.29, 1.82) is 0 Å². The lowest BCUT2D eigenvalue weighted by atomic mass is 10.1. The van der Waals surface area contributed by atoms with Crippen LogP contribution in [0.2, 0.25) is 0 Å². The van der Waals surface area contributed by atoms with E-state index < -0.39 is 0 Å². The molecular formula is C13H16ClN5S. The molecule has 1 aromatic carbocycles. The number of benzene rings is 1. The normalized spacial score (nSPS) is 13.4. The van der Waals surface area contributed by atoms with Gasteiger partial charge in [-0.05, 0) is 19.4 Å². The largest absolute Gasteiger partial charge is 0.354 e. The molecule has 2 heterocycles. The van der Waals surface area contributed by atoms with Gasteiger partial charge in [-0.2, -0.15) is 0 Å². The summed E-state index contributed by atoms with van der Waals surface area (Å²) in [7, 11) is 0. The van der Waals surface area contributed by atoms with Crippen molar-refractivity contribution in [3.05, 3.63) is 29.3 Å². The van der Waals surface area contributed by atoms with Crippen LogP contribution < -0.4 is 10.6 Å². The highest BCUT2D eigenvalue weighted by Gasteiger charge is 2.11. The molecule has 0 spiro atoms. The standard InChI is InChI=1S/C13H15N5S.ClH/c1-8-3-4-10(9(2)7-8)11-17-18-13(19-11)16-12-14-5-6-15-12;/h3-4,7H,5-6H2,1-2H3,(H2,14,15,16,18);1H. The number of aryl methyl sites for hydroxylation is 2. The van der Waals surface area contributed by atoms with E-state index >= 15 is 0 Å². The van der Waals surface area contributed by atoms with E-state index in [0.717, 1.165) is 34.8 Å². The van der Waals surface area contributed by atoms with E-state index in [-0.39, 0.29) is 12.4 Å². The second kappa shape index (κ2) is 6.19. The van der Waals surface area contributed by atoms with E-state index in [1.165, 1.54) is 22.5 Å². The molecular weight excluding hydrogens is 294 g/mol. The Morgan fingerprint density at radius 1 is 1.25 bits per heavy atom. The lowest BCUT2D eigenvalue weighted by Crippen LogP contribution is -2.26. The molecule has 0 radical (unpaired) electrons. The molecule has 2 N–H and O–H groups in total. The first kappa shape index (κ1) is 14.7. The van der Waals surface area contributed by atoms with Crippen molar-refractivity contribution in [2.45, 2.75) is 13.8 Å². The minimum absolute atomic E-state index is 0. The lowest BCUT2D eigenvalue weighted by molar-refractivity contribution is 0.958. The van der Waals surface area contributed by atoms with Crippen LogP contribution in [0, 0.1) is 13.8 Å². The molecule has 2 aromatic rings. The van der Waals surface area contributed by atoms with Gasteiger partial charge >= 0.3 is 0 Å². The molecule has 0 aliphatic carbocycles. The Bertz CT molecular complexity index is 637. The second-order valence-corrected chi connectivity index (χ2v) is 5.49. The summed E-state index contributed by atoms with van der Waals surface area (Å²) >= 11 is 1.54. The van der Waals surface area contributed by atoms with Gasteiger partial charge in [0.2, 0.25) is 5.13 Å². The number of guanidine groups is 1. The van der Waals surface area contributed by atoms with Gasteiger partial charge in [0.1, 0.15) is 5.01 Å². The molecule has 20 heavy (non-hydrogen) atoms. The Morgan fingerprint density at radius 2 is 2.10 bits per heavy atom. The number of nitrogens with one attached hydrogen (secondary N) is 2. The van der Waals surface area contributed by atoms with Gasteiger partial charge in [-0.1, -0.05) is 35.1 Å². The highest BCUT2D eigenvalue weighted by atomic mass is 35.5. The number of hydrogen-bond acceptors (Lipinski definition) is 6. The molecule has 1 aliphatic heterocycles. The molecule has 5 nitrogen and oxygen atoms in total. The smallest absolute Gasteiger partial charge is 0.212 e. The molecule has 0 atom stereocenters. The third-order valence-electron chi connectivity index (χ3n) is 2.94. The van der Waals surface area contributed by atoms with Gasteiger partial charge in [-0.15, -0.1) is 22.6 Å². The zero-order chi connectivity index (χ0) is 13.2. The predicted octanol–water partition coefficient (Wildman–Crippen LogP) is 2.61. The van der Waals surface area contributed by atoms with Crippen molar-refractivity contribution in [1.82, 2.24) is 15.5 Å². The van der Waals surface area contributed by atoms with Crippen molar-refractivity contribution >= 4 is 34.8 Å². The third kappa shape index (κ3) is 3.08. The molecule has 0 bridgehead atoms. The first-order valence-corrected chi connectivity index (χ1v) is 7.00. The van der Waals surface area contributed by atoms with E-state index in [9.17, 15) is 0 Å². The van der Waals surface area contributed by atoms with Crippen molar-refractivity contribution in [2.75, 3.05) is 18.4 Å². The average Bonchev–Trinajstić information content (AvgIpc) is 3.01. The molecule has 3 rings (SSSR count). The maximum absolute atomic E-state index is 4.28. The van der Waals surface area contributed by atoms with Crippen LogP contribution >= 0.6 is 23.7 Å². The maximum atomic E-state index is 4.28. The van der Waals surface area contributed by atoms with Crippen molar-refractivity contribution in [3.63, 3.8) is 0 Å². The summed E-state index contributed by atoms with van der Waals surface area (Å²) in [5.41, 5.74) is 3.62. The number of halogens is 1. The summed E-state index contributed by atoms with van der Waals surface area (Å²) in [6.07, 6.45) is 0. The van der Waals surface area contributed by atoms with E-state index in [1.807, 2.05) is 0 Å². The Balaban J connectivity index is 0.00000147. The molecule has 7 heteroatoms. The maximum Gasteiger partial charge on any atom is 0.212 e. The number of nitrogens with zero attached hydrogens (tertiary/aromatic N) is 3. The zero-order valence-corrected chi connectivity index (χ0v) is 12.9. The van der Waals surface area contributed by atoms with Crippen molar-refractivity contribution in [3.8, 4) is 10.6 Å². The fourth-order valence-electron chi connectivity index (χ4n) is 2.02. The van der Waals surface area contributed by atoms with Gasteiger partial charge < -0.3 is 10.6 Å². The van der Waals surface area contributed by atoms with Crippen LogP contribution in [0.1, 0.15) is 11.1 Å². The fraction of sp³-hybridized carbons (Fsp3) is 0.308. The number of aromatic nitrogens is 2. The summed E-state index contributed by atoms with van der Waals surface area (Å²) < 4.78 is 0. The van der Waals surface area contributed by atoms with Crippen LogP contribution in [-0.4, -0.2) is 29.2 Å². The first-order valence-electron chi connectivity index (χ1n) is 6.19. The van der Waals surface area contributed by atoms with Crippen molar-refractivity contribution < 1.29 is 0 Å². The summed E-state index contributed by atoms with van der Waals surface area (Å²) in [5, 5.41) is 16.4. The predicted molar refractivity (Wildman–Crippen MR) is 86.0 cm³/mol. The molecule has 1 aromatic heterocycles.